The summed E-state index contributed by atoms with van der Waals surface area (Å²) in [7, 11) is 0. The van der Waals surface area contributed by atoms with Crippen LogP contribution in [0.4, 0.5) is 21.8 Å². The number of rotatable bonds is 5. The van der Waals surface area contributed by atoms with Gasteiger partial charge in [0.2, 0.25) is 5.95 Å². The number of carbonyl (C=O) groups is 1. The number of nitrogens with zero attached hydrogens (tertiary/aromatic N) is 3. The van der Waals surface area contributed by atoms with E-state index >= 15 is 0 Å². The molecule has 0 radical (unpaired) electrons. The number of hydrogen-bond donors (Lipinski definition) is 4. The monoisotopic (exact) mass is 384 g/mol. The minimum atomic E-state index is -0.819. The number of halogens is 1. The Bertz CT molecular complexity index is 1010. The van der Waals surface area contributed by atoms with Gasteiger partial charge in [-0.05, 0) is 56.0 Å². The molecular weight excluding hydrogens is 363 g/mol. The van der Waals surface area contributed by atoms with Gasteiger partial charge < -0.3 is 21.5 Å². The maximum absolute atomic E-state index is 13.9. The lowest BCUT2D eigenvalue weighted by Gasteiger charge is -2.26. The largest absolute Gasteiger partial charge is 0.393 e. The van der Waals surface area contributed by atoms with Crippen LogP contribution in [0.2, 0.25) is 0 Å². The Morgan fingerprint density at radius 2 is 2.00 bits per heavy atom. The van der Waals surface area contributed by atoms with E-state index in [1.54, 1.807) is 10.6 Å². The third-order valence-electron chi connectivity index (χ3n) is 4.90. The first-order valence-electron chi connectivity index (χ1n) is 9.16. The Balaban J connectivity index is 1.55. The number of aromatic nitrogens is 3. The second-order valence-electron chi connectivity index (χ2n) is 6.95. The molecule has 0 unspecified atom stereocenters. The summed E-state index contributed by atoms with van der Waals surface area (Å²) in [6, 6.07) is 9.93. The molecule has 1 aromatic carbocycles. The molecule has 9 heteroatoms. The number of anilines is 3. The Hall–Kier alpha value is -3.20. The van der Waals surface area contributed by atoms with Crippen molar-refractivity contribution >= 4 is 29.0 Å². The van der Waals surface area contributed by atoms with Gasteiger partial charge in [0, 0.05) is 11.7 Å². The molecule has 3 aromatic rings. The SMILES string of the molecule is NC(=O)c1ccc(Nc2nc3cccc(N[C@H]4CC[C@@H](O)CC4)n3n2)cc1F. The maximum Gasteiger partial charge on any atom is 0.251 e. The van der Waals surface area contributed by atoms with Crippen LogP contribution >= 0.6 is 0 Å². The number of primary amides is 1. The van der Waals surface area contributed by atoms with E-state index in [0.29, 0.717) is 17.3 Å². The van der Waals surface area contributed by atoms with Gasteiger partial charge in [0.15, 0.2) is 5.65 Å². The van der Waals surface area contributed by atoms with Gasteiger partial charge in [-0.25, -0.2) is 4.39 Å². The first kappa shape index (κ1) is 18.2. The molecule has 0 aliphatic heterocycles. The molecule has 1 aliphatic carbocycles. The number of carbonyl (C=O) groups excluding carboxylic acids is 1. The van der Waals surface area contributed by atoms with Crippen LogP contribution in [0.5, 0.6) is 0 Å². The number of amides is 1. The molecule has 1 fully saturated rings. The van der Waals surface area contributed by atoms with Gasteiger partial charge in [-0.3, -0.25) is 4.79 Å². The summed E-state index contributed by atoms with van der Waals surface area (Å²) in [6.07, 6.45) is 3.14. The number of aliphatic hydroxyl groups excluding tert-OH is 1. The number of benzene rings is 1. The van der Waals surface area contributed by atoms with Crippen LogP contribution in [0, 0.1) is 5.82 Å². The summed E-state index contributed by atoms with van der Waals surface area (Å²) in [4.78, 5) is 15.5. The second-order valence-corrected chi connectivity index (χ2v) is 6.95. The van der Waals surface area contributed by atoms with E-state index in [0.717, 1.165) is 31.5 Å². The maximum atomic E-state index is 13.9. The fourth-order valence-electron chi connectivity index (χ4n) is 3.42. The first-order valence-corrected chi connectivity index (χ1v) is 9.16. The summed E-state index contributed by atoms with van der Waals surface area (Å²) >= 11 is 0. The highest BCUT2D eigenvalue weighted by Crippen LogP contribution is 2.23. The smallest absolute Gasteiger partial charge is 0.251 e. The van der Waals surface area contributed by atoms with Crippen LogP contribution in [0.1, 0.15) is 36.0 Å². The lowest BCUT2D eigenvalue weighted by molar-refractivity contribution is 0.0996. The van der Waals surface area contributed by atoms with E-state index in [9.17, 15) is 14.3 Å². The lowest BCUT2D eigenvalue weighted by Crippen LogP contribution is -2.29. The molecule has 8 nitrogen and oxygen atoms in total. The molecule has 0 atom stereocenters. The molecule has 1 amide bonds. The molecule has 4 rings (SSSR count). The Morgan fingerprint density at radius 1 is 1.21 bits per heavy atom. The molecule has 0 spiro atoms. The van der Waals surface area contributed by atoms with E-state index in [-0.39, 0.29) is 17.7 Å². The van der Waals surface area contributed by atoms with Crippen molar-refractivity contribution in [1.82, 2.24) is 14.6 Å². The van der Waals surface area contributed by atoms with Crippen LogP contribution in [-0.2, 0) is 0 Å². The topological polar surface area (TPSA) is 118 Å². The van der Waals surface area contributed by atoms with E-state index in [4.69, 9.17) is 5.73 Å². The van der Waals surface area contributed by atoms with Gasteiger partial charge in [0.05, 0.1) is 11.7 Å². The van der Waals surface area contributed by atoms with Crippen molar-refractivity contribution in [3.63, 3.8) is 0 Å². The molecule has 2 aromatic heterocycles. The van der Waals surface area contributed by atoms with Crippen molar-refractivity contribution in [2.45, 2.75) is 37.8 Å². The van der Waals surface area contributed by atoms with Gasteiger partial charge >= 0.3 is 0 Å². The molecule has 0 bridgehead atoms. The third-order valence-corrected chi connectivity index (χ3v) is 4.90. The van der Waals surface area contributed by atoms with Crippen LogP contribution in [0.15, 0.2) is 36.4 Å². The molecule has 1 saturated carbocycles. The summed E-state index contributed by atoms with van der Waals surface area (Å²) < 4.78 is 15.6. The van der Waals surface area contributed by atoms with Crippen molar-refractivity contribution in [1.29, 1.82) is 0 Å². The Kier molecular flexibility index (Phi) is 4.82. The van der Waals surface area contributed by atoms with Crippen molar-refractivity contribution in [3.05, 3.63) is 47.8 Å². The molecule has 1 aliphatic rings. The van der Waals surface area contributed by atoms with E-state index in [2.05, 4.69) is 20.7 Å². The zero-order valence-electron chi connectivity index (χ0n) is 15.1. The average molecular weight is 384 g/mol. The van der Waals surface area contributed by atoms with Crippen LogP contribution in [0.3, 0.4) is 0 Å². The quantitative estimate of drug-likeness (QED) is 0.537. The highest BCUT2D eigenvalue weighted by Gasteiger charge is 2.20. The third kappa shape index (κ3) is 3.74. The summed E-state index contributed by atoms with van der Waals surface area (Å²) in [5.74, 6) is -0.418. The highest BCUT2D eigenvalue weighted by atomic mass is 19.1. The van der Waals surface area contributed by atoms with E-state index < -0.39 is 11.7 Å². The first-order chi connectivity index (χ1) is 13.5. The van der Waals surface area contributed by atoms with Crippen LogP contribution in [-0.4, -0.2) is 37.8 Å². The number of hydrogen-bond acceptors (Lipinski definition) is 6. The Labute approximate surface area is 160 Å². The predicted octanol–water partition coefficient (Wildman–Crippen LogP) is 2.43. The molecule has 0 saturated heterocycles. The van der Waals surface area contributed by atoms with Crippen LogP contribution < -0.4 is 16.4 Å². The minimum Gasteiger partial charge on any atom is -0.393 e. The van der Waals surface area contributed by atoms with Gasteiger partial charge in [0.1, 0.15) is 11.6 Å². The molecular formula is C19H21FN6O2. The number of aliphatic hydroxyl groups is 1. The highest BCUT2D eigenvalue weighted by molar-refractivity contribution is 5.93. The minimum absolute atomic E-state index is 0.169. The predicted molar refractivity (Wildman–Crippen MR) is 103 cm³/mol. The van der Waals surface area contributed by atoms with E-state index in [1.807, 2.05) is 18.2 Å². The fourth-order valence-corrected chi connectivity index (χ4v) is 3.42. The lowest BCUT2D eigenvalue weighted by atomic mass is 9.93. The zero-order chi connectivity index (χ0) is 19.7. The van der Waals surface area contributed by atoms with Gasteiger partial charge in [0.25, 0.3) is 5.91 Å². The standard InChI is InChI=1S/C19H21FN6O2/c20-15-10-12(6-9-14(15)18(21)28)23-19-24-17-3-1-2-16(26(17)25-19)22-11-4-7-13(27)8-5-11/h1-3,6,9-11,13,22,27H,4-5,7-8H2,(H2,21,28)(H,23,25)/t11-,13+. The second kappa shape index (κ2) is 7.43. The van der Waals surface area contributed by atoms with Gasteiger partial charge in [-0.15, -0.1) is 5.10 Å². The van der Waals surface area contributed by atoms with Crippen LogP contribution in [0.25, 0.3) is 5.65 Å². The fraction of sp³-hybridized carbons (Fsp3) is 0.316. The summed E-state index contributed by atoms with van der Waals surface area (Å²) in [6.45, 7) is 0. The van der Waals surface area contributed by atoms with Crippen molar-refractivity contribution in [2.75, 3.05) is 10.6 Å². The van der Waals surface area contributed by atoms with Crippen molar-refractivity contribution in [3.8, 4) is 0 Å². The van der Waals surface area contributed by atoms with Crippen molar-refractivity contribution < 1.29 is 14.3 Å². The molecule has 146 valence electrons. The average Bonchev–Trinajstić information content (AvgIpc) is 3.07. The number of nitrogens with two attached hydrogens (primary N) is 1. The summed E-state index contributed by atoms with van der Waals surface area (Å²) in [5, 5.41) is 20.5. The van der Waals surface area contributed by atoms with Gasteiger partial charge in [-0.1, -0.05) is 6.07 Å². The van der Waals surface area contributed by atoms with E-state index in [1.165, 1.54) is 12.1 Å². The normalized spacial score (nSPS) is 19.5. The van der Waals surface area contributed by atoms with Crippen molar-refractivity contribution in [2.24, 2.45) is 5.73 Å². The Morgan fingerprint density at radius 3 is 2.71 bits per heavy atom. The zero-order valence-corrected chi connectivity index (χ0v) is 15.1. The molecule has 2 heterocycles. The van der Waals surface area contributed by atoms with Gasteiger partial charge in [-0.2, -0.15) is 9.50 Å². The molecule has 28 heavy (non-hydrogen) atoms. The summed E-state index contributed by atoms with van der Waals surface area (Å²) in [5.41, 5.74) is 6.00. The number of fused-ring (bicyclic) bond motifs is 1. The molecule has 5 N–H and O–H groups in total. The number of pyridine rings is 1. The number of nitrogens with one attached hydrogen (secondary N) is 2.